The molecule has 5 heteroatoms. The first kappa shape index (κ1) is 11.3. The second kappa shape index (κ2) is 3.70. The van der Waals surface area contributed by atoms with Gasteiger partial charge in [0.05, 0.1) is 11.8 Å². The molecule has 0 unspecified atom stereocenters. The Morgan fingerprint density at radius 2 is 1.94 bits per heavy atom. The number of fused-ring (bicyclic) bond motifs is 1. The van der Waals surface area contributed by atoms with E-state index in [2.05, 4.69) is 4.98 Å². The van der Waals surface area contributed by atoms with Crippen LogP contribution in [0.4, 0.5) is 8.78 Å². The summed E-state index contributed by atoms with van der Waals surface area (Å²) in [7, 11) is 1.65. The lowest BCUT2D eigenvalue weighted by Crippen LogP contribution is -2.01. The highest BCUT2D eigenvalue weighted by Gasteiger charge is 2.23. The fourth-order valence-corrected chi connectivity index (χ4v) is 2.13. The molecule has 0 amide bonds. The number of hydrogen-bond donors (Lipinski definition) is 0. The summed E-state index contributed by atoms with van der Waals surface area (Å²) < 4.78 is 29.4. The molecule has 0 fully saturated rings. The van der Waals surface area contributed by atoms with Gasteiger partial charge >= 0.3 is 0 Å². The Morgan fingerprint density at radius 1 is 1.31 bits per heavy atom. The molecule has 2 rings (SSSR count). The Morgan fingerprint density at radius 3 is 2.50 bits per heavy atom. The largest absolute Gasteiger partial charge is 0.332 e. The van der Waals surface area contributed by atoms with Gasteiger partial charge in [0.1, 0.15) is 16.4 Å². The van der Waals surface area contributed by atoms with E-state index >= 15 is 0 Å². The van der Waals surface area contributed by atoms with E-state index in [1.54, 1.807) is 20.9 Å². The van der Waals surface area contributed by atoms with E-state index in [0.717, 1.165) is 0 Å². The van der Waals surface area contributed by atoms with Gasteiger partial charge in [-0.3, -0.25) is 0 Å². The van der Waals surface area contributed by atoms with E-state index in [9.17, 15) is 8.78 Å². The van der Waals surface area contributed by atoms with E-state index in [1.165, 1.54) is 10.9 Å². The Labute approximate surface area is 96.8 Å². The summed E-state index contributed by atoms with van der Waals surface area (Å²) in [5, 5.41) is -0.0694. The standard InChI is InChI=1S/C11H11ClF2N2/c1-5(2)6-8(13)7(12)11-10(9(6)14)15-4-16(11)3/h4-5H,1-3H3. The van der Waals surface area contributed by atoms with Gasteiger partial charge in [-0.05, 0) is 5.92 Å². The van der Waals surface area contributed by atoms with Crippen LogP contribution >= 0.6 is 11.6 Å². The first-order chi connectivity index (χ1) is 7.45. The summed E-state index contributed by atoms with van der Waals surface area (Å²) in [4.78, 5) is 3.90. The minimum atomic E-state index is -0.690. The highest BCUT2D eigenvalue weighted by Crippen LogP contribution is 2.34. The SMILES string of the molecule is CC(C)c1c(F)c(Cl)c2c(ncn2C)c1F. The fraction of sp³-hybridized carbons (Fsp3) is 0.364. The highest BCUT2D eigenvalue weighted by molar-refractivity contribution is 6.35. The lowest BCUT2D eigenvalue weighted by Gasteiger charge is -2.11. The molecule has 16 heavy (non-hydrogen) atoms. The second-order valence-electron chi connectivity index (χ2n) is 4.06. The molecule has 2 nitrogen and oxygen atoms in total. The van der Waals surface area contributed by atoms with Gasteiger partial charge in [-0.1, -0.05) is 25.4 Å². The topological polar surface area (TPSA) is 17.8 Å². The third-order valence-corrected chi connectivity index (χ3v) is 2.94. The average Bonchev–Trinajstić information content (AvgIpc) is 2.57. The third-order valence-electron chi connectivity index (χ3n) is 2.60. The van der Waals surface area contributed by atoms with Gasteiger partial charge in [0.2, 0.25) is 0 Å². The molecule has 1 aromatic heterocycles. The number of halogens is 3. The molecule has 1 heterocycles. The van der Waals surface area contributed by atoms with Crippen LogP contribution in [-0.4, -0.2) is 9.55 Å². The van der Waals surface area contributed by atoms with Crippen molar-refractivity contribution in [3.63, 3.8) is 0 Å². The van der Waals surface area contributed by atoms with E-state index < -0.39 is 11.6 Å². The minimum Gasteiger partial charge on any atom is -0.332 e. The maximum absolute atomic E-state index is 14.0. The molecule has 0 radical (unpaired) electrons. The third kappa shape index (κ3) is 1.40. The Bertz CT molecular complexity index is 561. The van der Waals surface area contributed by atoms with Crippen molar-refractivity contribution in [2.24, 2.45) is 7.05 Å². The van der Waals surface area contributed by atoms with Gasteiger partial charge in [0, 0.05) is 12.6 Å². The van der Waals surface area contributed by atoms with E-state index in [4.69, 9.17) is 11.6 Å². The Kier molecular flexibility index (Phi) is 2.62. The van der Waals surface area contributed by atoms with Crippen molar-refractivity contribution in [2.45, 2.75) is 19.8 Å². The van der Waals surface area contributed by atoms with Crippen molar-refractivity contribution in [3.8, 4) is 0 Å². The van der Waals surface area contributed by atoms with Crippen molar-refractivity contribution in [1.82, 2.24) is 9.55 Å². The van der Waals surface area contributed by atoms with Crippen LogP contribution in [0.5, 0.6) is 0 Å². The number of aromatic nitrogens is 2. The summed E-state index contributed by atoms with van der Waals surface area (Å²) >= 11 is 5.89. The number of aryl methyl sites for hydroxylation is 1. The van der Waals surface area contributed by atoms with Crippen molar-refractivity contribution < 1.29 is 8.78 Å². The minimum absolute atomic E-state index is 0.00352. The molecule has 0 aliphatic carbocycles. The first-order valence-electron chi connectivity index (χ1n) is 4.92. The number of hydrogen-bond acceptors (Lipinski definition) is 1. The zero-order chi connectivity index (χ0) is 12.0. The molecule has 0 spiro atoms. The molecule has 0 saturated heterocycles. The van der Waals surface area contributed by atoms with Crippen LogP contribution in [0.2, 0.25) is 5.02 Å². The van der Waals surface area contributed by atoms with Crippen LogP contribution in [0.25, 0.3) is 11.0 Å². The van der Waals surface area contributed by atoms with Crippen LogP contribution in [-0.2, 0) is 7.05 Å². The van der Waals surface area contributed by atoms with Crippen LogP contribution in [0.3, 0.4) is 0 Å². The summed E-state index contributed by atoms with van der Waals surface area (Å²) in [6, 6.07) is 0. The van der Waals surface area contributed by atoms with Crippen LogP contribution < -0.4 is 0 Å². The maximum atomic E-state index is 14.0. The van der Waals surface area contributed by atoms with Crippen molar-refractivity contribution >= 4 is 22.6 Å². The smallest absolute Gasteiger partial charge is 0.157 e. The predicted molar refractivity (Wildman–Crippen MR) is 59.7 cm³/mol. The van der Waals surface area contributed by atoms with Crippen molar-refractivity contribution in [1.29, 1.82) is 0 Å². The van der Waals surface area contributed by atoms with Gasteiger partial charge in [-0.15, -0.1) is 0 Å². The van der Waals surface area contributed by atoms with Crippen LogP contribution in [0.15, 0.2) is 6.33 Å². The van der Waals surface area contributed by atoms with Gasteiger partial charge in [-0.2, -0.15) is 0 Å². The molecule has 0 aliphatic rings. The highest BCUT2D eigenvalue weighted by atomic mass is 35.5. The summed E-state index contributed by atoms with van der Waals surface area (Å²) in [5.41, 5.74) is 0.412. The molecule has 0 atom stereocenters. The molecule has 1 aromatic carbocycles. The normalized spacial score (nSPS) is 11.7. The van der Waals surface area contributed by atoms with Crippen LogP contribution in [0.1, 0.15) is 25.3 Å². The Balaban J connectivity index is 2.96. The summed E-state index contributed by atoms with van der Waals surface area (Å²) in [6.07, 6.45) is 1.42. The first-order valence-corrected chi connectivity index (χ1v) is 5.30. The maximum Gasteiger partial charge on any atom is 0.157 e. The molecular formula is C11H11ClF2N2. The second-order valence-corrected chi connectivity index (χ2v) is 4.44. The molecule has 86 valence electrons. The zero-order valence-corrected chi connectivity index (χ0v) is 9.94. The molecule has 0 saturated carbocycles. The van der Waals surface area contributed by atoms with Crippen molar-refractivity contribution in [2.75, 3.05) is 0 Å². The summed E-state index contributed by atoms with van der Waals surface area (Å²) in [5.74, 6) is -1.58. The lowest BCUT2D eigenvalue weighted by atomic mass is 10.0. The Hall–Kier alpha value is -1.16. The molecule has 0 N–H and O–H groups in total. The molecule has 2 aromatic rings. The molecule has 0 aliphatic heterocycles. The average molecular weight is 245 g/mol. The number of nitrogens with zero attached hydrogens (tertiary/aromatic N) is 2. The van der Waals surface area contributed by atoms with Gasteiger partial charge in [0.25, 0.3) is 0 Å². The molecular weight excluding hydrogens is 234 g/mol. The molecule has 0 bridgehead atoms. The number of benzene rings is 1. The van der Waals surface area contributed by atoms with Gasteiger partial charge in [-0.25, -0.2) is 13.8 Å². The number of rotatable bonds is 1. The zero-order valence-electron chi connectivity index (χ0n) is 9.18. The van der Waals surface area contributed by atoms with E-state index in [1.807, 2.05) is 0 Å². The van der Waals surface area contributed by atoms with Crippen LogP contribution in [0, 0.1) is 11.6 Å². The number of imidazole rings is 1. The van der Waals surface area contributed by atoms with Gasteiger partial charge in [0.15, 0.2) is 5.82 Å². The summed E-state index contributed by atoms with van der Waals surface area (Å²) in [6.45, 7) is 3.43. The monoisotopic (exact) mass is 244 g/mol. The lowest BCUT2D eigenvalue weighted by molar-refractivity contribution is 0.548. The fourth-order valence-electron chi connectivity index (χ4n) is 1.80. The predicted octanol–water partition coefficient (Wildman–Crippen LogP) is 3.63. The van der Waals surface area contributed by atoms with E-state index in [-0.39, 0.29) is 22.0 Å². The van der Waals surface area contributed by atoms with Crippen molar-refractivity contribution in [3.05, 3.63) is 28.5 Å². The quantitative estimate of drug-likeness (QED) is 0.701. The van der Waals surface area contributed by atoms with E-state index in [0.29, 0.717) is 5.52 Å². The van der Waals surface area contributed by atoms with Gasteiger partial charge < -0.3 is 4.57 Å².